The van der Waals surface area contributed by atoms with Crippen LogP contribution in [0.1, 0.15) is 31.8 Å². The number of aryl methyl sites for hydroxylation is 2. The summed E-state index contributed by atoms with van der Waals surface area (Å²) in [5.74, 6) is -0.766. The van der Waals surface area contributed by atoms with Crippen LogP contribution in [0.2, 0.25) is 0 Å². The molecule has 158 valence electrons. The van der Waals surface area contributed by atoms with Crippen molar-refractivity contribution < 1.29 is 9.59 Å². The van der Waals surface area contributed by atoms with Crippen molar-refractivity contribution in [1.29, 1.82) is 0 Å². The van der Waals surface area contributed by atoms with Crippen LogP contribution in [-0.2, 0) is 0 Å². The first-order valence-electron chi connectivity index (χ1n) is 9.92. The van der Waals surface area contributed by atoms with Gasteiger partial charge in [-0.1, -0.05) is 46.9 Å². The highest BCUT2D eigenvalue weighted by atomic mass is 32.1. The Hall–Kier alpha value is -3.62. The zero-order valence-electron chi connectivity index (χ0n) is 17.3. The second kappa shape index (κ2) is 8.14. The molecule has 6 nitrogen and oxygen atoms in total. The van der Waals surface area contributed by atoms with Gasteiger partial charge in [0.1, 0.15) is 0 Å². The molecule has 2 heterocycles. The summed E-state index contributed by atoms with van der Waals surface area (Å²) in [5, 5.41) is 6.64. The smallest absolute Gasteiger partial charge is 0.258 e. The lowest BCUT2D eigenvalue weighted by Crippen LogP contribution is -2.20. The van der Waals surface area contributed by atoms with Crippen molar-refractivity contribution >= 4 is 65.2 Å². The Morgan fingerprint density at radius 3 is 1.56 bits per heavy atom. The molecule has 0 aliphatic heterocycles. The van der Waals surface area contributed by atoms with Gasteiger partial charge < -0.3 is 0 Å². The minimum Gasteiger partial charge on any atom is -0.298 e. The lowest BCUT2D eigenvalue weighted by Gasteiger charge is -2.08. The SMILES string of the molecule is Cc1ccc2nc(NC(=O)c3ccccc3C(=O)Nc3nc4ccc(C)cc4s3)sc2c1. The highest BCUT2D eigenvalue weighted by Crippen LogP contribution is 2.29. The molecule has 0 saturated heterocycles. The van der Waals surface area contributed by atoms with E-state index in [-0.39, 0.29) is 22.9 Å². The van der Waals surface area contributed by atoms with Crippen molar-refractivity contribution in [3.05, 3.63) is 82.9 Å². The molecule has 5 rings (SSSR count). The van der Waals surface area contributed by atoms with Crippen molar-refractivity contribution in [1.82, 2.24) is 9.97 Å². The fourth-order valence-corrected chi connectivity index (χ4v) is 5.30. The summed E-state index contributed by atoms with van der Waals surface area (Å²) in [7, 11) is 0. The number of hydrogen-bond acceptors (Lipinski definition) is 6. The quantitative estimate of drug-likeness (QED) is 0.344. The van der Waals surface area contributed by atoms with Gasteiger partial charge in [-0.3, -0.25) is 20.2 Å². The first-order chi connectivity index (χ1) is 15.5. The van der Waals surface area contributed by atoms with E-state index in [9.17, 15) is 9.59 Å². The number of fused-ring (bicyclic) bond motifs is 2. The molecule has 0 aliphatic rings. The summed E-state index contributed by atoms with van der Waals surface area (Å²) in [6, 6.07) is 18.6. The van der Waals surface area contributed by atoms with E-state index >= 15 is 0 Å². The van der Waals surface area contributed by atoms with Gasteiger partial charge in [0, 0.05) is 0 Å². The lowest BCUT2D eigenvalue weighted by molar-refractivity contribution is 0.0990. The molecular weight excluding hydrogens is 440 g/mol. The zero-order chi connectivity index (χ0) is 22.2. The monoisotopic (exact) mass is 458 g/mol. The molecular formula is C24H18N4O2S2. The average Bonchev–Trinajstić information content (AvgIpc) is 3.35. The van der Waals surface area contributed by atoms with E-state index < -0.39 is 0 Å². The fourth-order valence-electron chi connectivity index (χ4n) is 3.38. The topological polar surface area (TPSA) is 84.0 Å². The number of amides is 2. The van der Waals surface area contributed by atoms with E-state index in [2.05, 4.69) is 20.6 Å². The molecule has 5 aromatic rings. The zero-order valence-corrected chi connectivity index (χ0v) is 18.9. The number of aromatic nitrogens is 2. The van der Waals surface area contributed by atoms with Crippen LogP contribution >= 0.6 is 22.7 Å². The second-order valence-corrected chi connectivity index (χ2v) is 9.50. The predicted octanol–water partition coefficient (Wildman–Crippen LogP) is 6.03. The number of nitrogens with zero attached hydrogens (tertiary/aromatic N) is 2. The van der Waals surface area contributed by atoms with E-state index in [1.807, 2.05) is 50.2 Å². The number of nitrogens with one attached hydrogen (secondary N) is 2. The number of thiazole rings is 2. The van der Waals surface area contributed by atoms with Crippen LogP contribution in [0, 0.1) is 13.8 Å². The number of benzene rings is 3. The van der Waals surface area contributed by atoms with Gasteiger partial charge in [-0.15, -0.1) is 0 Å². The Morgan fingerprint density at radius 2 is 1.12 bits per heavy atom. The first kappa shape index (κ1) is 20.3. The average molecular weight is 459 g/mol. The summed E-state index contributed by atoms with van der Waals surface area (Å²) in [4.78, 5) is 34.9. The molecule has 0 saturated carbocycles. The van der Waals surface area contributed by atoms with Gasteiger partial charge in [0.15, 0.2) is 10.3 Å². The van der Waals surface area contributed by atoms with E-state index in [1.54, 1.807) is 24.3 Å². The number of carbonyl (C=O) groups excluding carboxylic acids is 2. The van der Waals surface area contributed by atoms with Crippen LogP contribution in [0.5, 0.6) is 0 Å². The van der Waals surface area contributed by atoms with Gasteiger partial charge in [-0.2, -0.15) is 0 Å². The maximum Gasteiger partial charge on any atom is 0.258 e. The van der Waals surface area contributed by atoms with Crippen LogP contribution in [0.4, 0.5) is 10.3 Å². The van der Waals surface area contributed by atoms with Gasteiger partial charge in [0.2, 0.25) is 0 Å². The van der Waals surface area contributed by atoms with Gasteiger partial charge in [-0.25, -0.2) is 9.97 Å². The second-order valence-electron chi connectivity index (χ2n) is 7.43. The van der Waals surface area contributed by atoms with Gasteiger partial charge in [-0.05, 0) is 61.4 Å². The van der Waals surface area contributed by atoms with Gasteiger partial charge in [0.05, 0.1) is 31.6 Å². The molecule has 0 atom stereocenters. The molecule has 3 aromatic carbocycles. The first-order valence-corrected chi connectivity index (χ1v) is 11.6. The van der Waals surface area contributed by atoms with Gasteiger partial charge >= 0.3 is 0 Å². The minimum atomic E-state index is -0.383. The Kier molecular flexibility index (Phi) is 5.16. The largest absolute Gasteiger partial charge is 0.298 e. The highest BCUT2D eigenvalue weighted by Gasteiger charge is 2.19. The molecule has 32 heavy (non-hydrogen) atoms. The molecule has 2 amide bonds. The third-order valence-electron chi connectivity index (χ3n) is 4.95. The Morgan fingerprint density at radius 1 is 0.688 bits per heavy atom. The molecule has 2 aromatic heterocycles. The van der Waals surface area contributed by atoms with E-state index in [0.29, 0.717) is 10.3 Å². The van der Waals surface area contributed by atoms with Crippen molar-refractivity contribution in [3.63, 3.8) is 0 Å². The molecule has 8 heteroatoms. The predicted molar refractivity (Wildman–Crippen MR) is 131 cm³/mol. The number of anilines is 2. The van der Waals surface area contributed by atoms with Crippen LogP contribution in [-0.4, -0.2) is 21.8 Å². The minimum absolute atomic E-state index is 0.275. The van der Waals surface area contributed by atoms with E-state index in [0.717, 1.165) is 31.6 Å². The fraction of sp³-hybridized carbons (Fsp3) is 0.0833. The Bertz CT molecular complexity index is 1390. The van der Waals surface area contributed by atoms with Crippen LogP contribution in [0.15, 0.2) is 60.7 Å². The molecule has 0 spiro atoms. The summed E-state index contributed by atoms with van der Waals surface area (Å²) in [5.41, 5.74) is 4.47. The molecule has 2 N–H and O–H groups in total. The van der Waals surface area contributed by atoms with Gasteiger partial charge in [0.25, 0.3) is 11.8 Å². The number of carbonyl (C=O) groups is 2. The summed E-state index contributed by atoms with van der Waals surface area (Å²) < 4.78 is 2.00. The Balaban J connectivity index is 1.39. The molecule has 0 unspecified atom stereocenters. The van der Waals surface area contributed by atoms with E-state index in [1.165, 1.54) is 22.7 Å². The number of rotatable bonds is 4. The summed E-state index contributed by atoms with van der Waals surface area (Å²) in [6.45, 7) is 4.03. The van der Waals surface area contributed by atoms with Crippen LogP contribution < -0.4 is 10.6 Å². The lowest BCUT2D eigenvalue weighted by atomic mass is 10.1. The molecule has 0 bridgehead atoms. The maximum atomic E-state index is 13.0. The molecule has 0 radical (unpaired) electrons. The maximum absolute atomic E-state index is 13.0. The van der Waals surface area contributed by atoms with Crippen molar-refractivity contribution in [2.75, 3.05) is 10.6 Å². The highest BCUT2D eigenvalue weighted by molar-refractivity contribution is 7.22. The summed E-state index contributed by atoms with van der Waals surface area (Å²) >= 11 is 2.81. The standard InChI is InChI=1S/C24H18N4O2S2/c1-13-7-9-17-19(11-13)31-23(25-17)27-21(29)15-5-3-4-6-16(15)22(30)28-24-26-18-10-8-14(2)12-20(18)32-24/h3-12H,1-2H3,(H,25,27,29)(H,26,28,30). The Labute approximate surface area is 192 Å². The third-order valence-corrected chi connectivity index (χ3v) is 6.81. The van der Waals surface area contributed by atoms with Crippen LogP contribution in [0.3, 0.4) is 0 Å². The van der Waals surface area contributed by atoms with Crippen molar-refractivity contribution in [2.24, 2.45) is 0 Å². The van der Waals surface area contributed by atoms with Crippen molar-refractivity contribution in [3.8, 4) is 0 Å². The summed E-state index contributed by atoms with van der Waals surface area (Å²) in [6.07, 6.45) is 0. The van der Waals surface area contributed by atoms with Crippen molar-refractivity contribution in [2.45, 2.75) is 13.8 Å². The molecule has 0 fully saturated rings. The normalized spacial score (nSPS) is 11.1. The van der Waals surface area contributed by atoms with Crippen LogP contribution in [0.25, 0.3) is 20.4 Å². The number of hydrogen-bond donors (Lipinski definition) is 2. The molecule has 0 aliphatic carbocycles. The third kappa shape index (κ3) is 3.98. The van der Waals surface area contributed by atoms with E-state index in [4.69, 9.17) is 0 Å².